The topological polar surface area (TPSA) is 36.9 Å². The summed E-state index contributed by atoms with van der Waals surface area (Å²) in [4.78, 5) is 0. The molecule has 1 aromatic carbocycles. The van der Waals surface area contributed by atoms with Crippen molar-refractivity contribution >= 4 is 29.2 Å². The Labute approximate surface area is 193 Å². The largest absolute Gasteiger partial charge is 0.541 e. The van der Waals surface area contributed by atoms with Gasteiger partial charge < -0.3 is 18.2 Å². The number of hydrogen-bond donors (Lipinski definition) is 0. The summed E-state index contributed by atoms with van der Waals surface area (Å²) in [5.41, 5.74) is 0.206. The van der Waals surface area contributed by atoms with Crippen LogP contribution in [0.4, 0.5) is 0 Å². The Hall–Kier alpha value is -0.761. The molecule has 0 amide bonds. The third-order valence-electron chi connectivity index (χ3n) is 7.84. The van der Waals surface area contributed by atoms with Crippen molar-refractivity contribution in [3.63, 3.8) is 0 Å². The molecule has 7 heteroatoms. The normalized spacial score (nSPS) is 19.5. The van der Waals surface area contributed by atoms with E-state index >= 15 is 0 Å². The number of rotatable bonds is 5. The summed E-state index contributed by atoms with van der Waals surface area (Å²) < 4.78 is 26.1. The van der Waals surface area contributed by atoms with Crippen LogP contribution in [0.5, 0.6) is 11.5 Å². The molecule has 31 heavy (non-hydrogen) atoms. The van der Waals surface area contributed by atoms with Gasteiger partial charge in [-0.25, -0.2) is 0 Å². The van der Waals surface area contributed by atoms with Gasteiger partial charge in [0.1, 0.15) is 11.5 Å². The molecule has 0 atom stereocenters. The highest BCUT2D eigenvalue weighted by atomic mass is 28.4. The lowest BCUT2D eigenvalue weighted by Crippen LogP contribution is -2.46. The maximum absolute atomic E-state index is 6.79. The SMILES string of the molecule is CC1(C)OB(c2ccc(O[Si](C)(C)C(C)(C)C)c(O[Si](C)(C)C(C)(C)C)c2)OC1(C)C. The summed E-state index contributed by atoms with van der Waals surface area (Å²) >= 11 is 0. The molecule has 0 spiro atoms. The third kappa shape index (κ3) is 5.42. The van der Waals surface area contributed by atoms with Crippen LogP contribution in [0, 0.1) is 0 Å². The van der Waals surface area contributed by atoms with E-state index in [9.17, 15) is 0 Å². The Kier molecular flexibility index (Phi) is 6.77. The molecule has 0 radical (unpaired) electrons. The van der Waals surface area contributed by atoms with Crippen molar-refractivity contribution in [2.24, 2.45) is 0 Å². The van der Waals surface area contributed by atoms with Gasteiger partial charge in [-0.15, -0.1) is 0 Å². The standard InChI is InChI=1S/C24H45BO4Si2/c1-21(2,3)30(11,12)26-19-16-15-18(25-28-23(7,8)24(9,10)29-25)17-20(19)27-31(13,14)22(4,5)6/h15-17H,1-14H3. The van der Waals surface area contributed by atoms with Crippen molar-refractivity contribution in [3.05, 3.63) is 18.2 Å². The van der Waals surface area contributed by atoms with Gasteiger partial charge in [-0.2, -0.15) is 0 Å². The minimum atomic E-state index is -2.06. The summed E-state index contributed by atoms with van der Waals surface area (Å²) in [6.45, 7) is 30.9. The average molecular weight is 465 g/mol. The Morgan fingerprint density at radius 2 is 1.10 bits per heavy atom. The summed E-state index contributed by atoms with van der Waals surface area (Å²) in [5.74, 6) is 1.64. The molecule has 176 valence electrons. The van der Waals surface area contributed by atoms with Gasteiger partial charge in [0.15, 0.2) is 0 Å². The molecule has 4 nitrogen and oxygen atoms in total. The first-order chi connectivity index (χ1) is 13.6. The minimum Gasteiger partial charge on any atom is -0.541 e. The summed E-state index contributed by atoms with van der Waals surface area (Å²) in [6, 6.07) is 6.18. The maximum Gasteiger partial charge on any atom is 0.494 e. The Morgan fingerprint density at radius 1 is 0.710 bits per heavy atom. The zero-order valence-corrected chi connectivity index (χ0v) is 24.4. The van der Waals surface area contributed by atoms with E-state index in [1.807, 2.05) is 6.07 Å². The predicted octanol–water partition coefficient (Wildman–Crippen LogP) is 6.75. The molecule has 0 aromatic heterocycles. The van der Waals surface area contributed by atoms with Crippen LogP contribution in [0.15, 0.2) is 18.2 Å². The van der Waals surface area contributed by atoms with Crippen LogP contribution in [0.25, 0.3) is 0 Å². The second-order valence-corrected chi connectivity index (χ2v) is 22.5. The smallest absolute Gasteiger partial charge is 0.494 e. The van der Waals surface area contributed by atoms with Crippen LogP contribution >= 0.6 is 0 Å². The van der Waals surface area contributed by atoms with Crippen LogP contribution in [-0.2, 0) is 9.31 Å². The second kappa shape index (κ2) is 7.93. The van der Waals surface area contributed by atoms with Gasteiger partial charge in [-0.05, 0) is 81.6 Å². The van der Waals surface area contributed by atoms with Crippen LogP contribution in [0.3, 0.4) is 0 Å². The monoisotopic (exact) mass is 464 g/mol. The molecule has 0 saturated carbocycles. The fraction of sp³-hybridized carbons (Fsp3) is 0.750. The van der Waals surface area contributed by atoms with E-state index in [0.717, 1.165) is 17.0 Å². The minimum absolute atomic E-state index is 0.0849. The predicted molar refractivity (Wildman–Crippen MR) is 138 cm³/mol. The van der Waals surface area contributed by atoms with Gasteiger partial charge in [0.25, 0.3) is 16.6 Å². The molecule has 0 aliphatic carbocycles. The van der Waals surface area contributed by atoms with Gasteiger partial charge in [-0.3, -0.25) is 0 Å². The molecule has 1 aliphatic heterocycles. The van der Waals surface area contributed by atoms with Gasteiger partial charge >= 0.3 is 7.12 Å². The first-order valence-electron chi connectivity index (χ1n) is 11.5. The molecule has 1 heterocycles. The van der Waals surface area contributed by atoms with E-state index in [0.29, 0.717) is 0 Å². The van der Waals surface area contributed by atoms with Crippen molar-refractivity contribution in [1.82, 2.24) is 0 Å². The summed E-state index contributed by atoms with van der Waals surface area (Å²) in [5, 5.41) is 0.188. The highest BCUT2D eigenvalue weighted by Gasteiger charge is 2.52. The molecule has 0 unspecified atom stereocenters. The zero-order chi connectivity index (χ0) is 24.3. The van der Waals surface area contributed by atoms with Crippen molar-refractivity contribution in [2.45, 2.75) is 117 Å². The van der Waals surface area contributed by atoms with E-state index in [1.54, 1.807) is 0 Å². The second-order valence-electron chi connectivity index (χ2n) is 13.0. The Bertz CT molecular complexity index is 789. The van der Waals surface area contributed by atoms with Crippen molar-refractivity contribution in [2.75, 3.05) is 0 Å². The van der Waals surface area contributed by atoms with E-state index in [-0.39, 0.29) is 21.3 Å². The highest BCUT2D eigenvalue weighted by Crippen LogP contribution is 2.44. The molecular formula is C24H45BO4Si2. The van der Waals surface area contributed by atoms with Crippen LogP contribution in [0.2, 0.25) is 36.3 Å². The molecular weight excluding hydrogens is 419 g/mol. The highest BCUT2D eigenvalue weighted by molar-refractivity contribution is 6.75. The lowest BCUT2D eigenvalue weighted by Gasteiger charge is -2.39. The van der Waals surface area contributed by atoms with Gasteiger partial charge in [-0.1, -0.05) is 47.6 Å². The van der Waals surface area contributed by atoms with Gasteiger partial charge in [0.2, 0.25) is 0 Å². The van der Waals surface area contributed by atoms with E-state index in [2.05, 4.69) is 108 Å². The molecule has 1 saturated heterocycles. The van der Waals surface area contributed by atoms with Crippen LogP contribution in [0.1, 0.15) is 69.2 Å². The van der Waals surface area contributed by atoms with Gasteiger partial charge in [0.05, 0.1) is 11.2 Å². The molecule has 2 rings (SSSR count). The average Bonchev–Trinajstić information content (AvgIpc) is 2.74. The molecule has 0 N–H and O–H groups in total. The summed E-state index contributed by atoms with van der Waals surface area (Å²) in [7, 11) is -4.51. The van der Waals surface area contributed by atoms with E-state index in [1.165, 1.54) is 0 Å². The molecule has 1 aliphatic rings. The van der Waals surface area contributed by atoms with Crippen LogP contribution < -0.4 is 14.3 Å². The first kappa shape index (κ1) is 26.5. The fourth-order valence-electron chi connectivity index (χ4n) is 2.67. The van der Waals surface area contributed by atoms with Crippen molar-refractivity contribution < 1.29 is 18.2 Å². The quantitative estimate of drug-likeness (QED) is 0.452. The van der Waals surface area contributed by atoms with Crippen molar-refractivity contribution in [3.8, 4) is 11.5 Å². The third-order valence-corrected chi connectivity index (χ3v) is 16.5. The summed E-state index contributed by atoms with van der Waals surface area (Å²) in [6.07, 6.45) is 0. The lowest BCUT2D eigenvalue weighted by molar-refractivity contribution is 0.00578. The molecule has 0 bridgehead atoms. The Balaban J connectivity index is 2.50. The number of hydrogen-bond acceptors (Lipinski definition) is 4. The first-order valence-corrected chi connectivity index (χ1v) is 17.3. The Morgan fingerprint density at radius 3 is 1.48 bits per heavy atom. The lowest BCUT2D eigenvalue weighted by atomic mass is 9.79. The van der Waals surface area contributed by atoms with Gasteiger partial charge in [0, 0.05) is 0 Å². The molecule has 1 fully saturated rings. The zero-order valence-electron chi connectivity index (χ0n) is 22.4. The maximum atomic E-state index is 6.79. The fourth-order valence-corrected chi connectivity index (χ4v) is 4.71. The molecule has 1 aromatic rings. The van der Waals surface area contributed by atoms with E-state index in [4.69, 9.17) is 18.2 Å². The number of benzene rings is 1. The van der Waals surface area contributed by atoms with Crippen molar-refractivity contribution in [1.29, 1.82) is 0 Å². The van der Waals surface area contributed by atoms with E-state index < -0.39 is 23.8 Å². The van der Waals surface area contributed by atoms with Crippen LogP contribution in [-0.4, -0.2) is 35.0 Å².